The largest absolute Gasteiger partial charge is 0.491 e. The molecule has 1 amide bonds. The highest BCUT2D eigenvalue weighted by Crippen LogP contribution is 2.29. The van der Waals surface area contributed by atoms with Crippen LogP contribution in [0.3, 0.4) is 0 Å². The lowest BCUT2D eigenvalue weighted by molar-refractivity contribution is -0.118. The Balaban J connectivity index is 1.62. The minimum Gasteiger partial charge on any atom is -0.491 e. The molecular weight excluding hydrogens is 394 g/mol. The van der Waals surface area contributed by atoms with Crippen LogP contribution in [-0.4, -0.2) is 39.7 Å². The van der Waals surface area contributed by atoms with Crippen LogP contribution in [-0.2, 0) is 10.5 Å². The van der Waals surface area contributed by atoms with Crippen LogP contribution in [0, 0.1) is 20.8 Å². The number of methoxy groups -OCH3 is 1. The Morgan fingerprint density at radius 1 is 1.14 bits per heavy atom. The predicted molar refractivity (Wildman–Crippen MR) is 107 cm³/mol. The van der Waals surface area contributed by atoms with E-state index in [-0.39, 0.29) is 12.5 Å². The number of ether oxygens (including phenoxy) is 2. The van der Waals surface area contributed by atoms with Crippen molar-refractivity contribution in [1.82, 2.24) is 20.1 Å². The topological polar surface area (TPSA) is 112 Å². The molecule has 0 fully saturated rings. The summed E-state index contributed by atoms with van der Waals surface area (Å²) < 4.78 is 15.8. The maximum absolute atomic E-state index is 12.1. The molecular formula is C19H21N5O4S. The molecule has 3 aromatic heterocycles. The molecule has 0 aromatic carbocycles. The van der Waals surface area contributed by atoms with E-state index >= 15 is 0 Å². The first kappa shape index (κ1) is 20.6. The third-order valence-corrected chi connectivity index (χ3v) is 4.55. The first-order valence-electron chi connectivity index (χ1n) is 8.77. The number of rotatable bonds is 8. The molecule has 0 aliphatic carbocycles. The molecule has 0 saturated carbocycles. The van der Waals surface area contributed by atoms with Crippen molar-refractivity contribution in [2.45, 2.75) is 31.7 Å². The third kappa shape index (κ3) is 5.92. The van der Waals surface area contributed by atoms with Crippen LogP contribution >= 0.6 is 11.8 Å². The minimum atomic E-state index is -0.364. The molecule has 9 nitrogen and oxygen atoms in total. The molecule has 1 N–H and O–H groups in total. The van der Waals surface area contributed by atoms with Gasteiger partial charge in [-0.1, -0.05) is 16.9 Å². The van der Waals surface area contributed by atoms with Crippen LogP contribution in [0.15, 0.2) is 34.1 Å². The zero-order valence-electron chi connectivity index (χ0n) is 16.6. The lowest BCUT2D eigenvalue weighted by Gasteiger charge is -2.11. The Hall–Kier alpha value is -3.14. The number of carbonyl (C=O) groups is 1. The van der Waals surface area contributed by atoms with Crippen LogP contribution < -0.4 is 14.8 Å². The normalized spacial score (nSPS) is 10.6. The first-order valence-corrected chi connectivity index (χ1v) is 9.75. The maximum Gasteiger partial charge on any atom is 0.263 e. The number of aryl methyl sites for hydroxylation is 3. The Morgan fingerprint density at radius 3 is 2.55 bits per heavy atom. The van der Waals surface area contributed by atoms with Crippen LogP contribution in [0.25, 0.3) is 0 Å². The van der Waals surface area contributed by atoms with Gasteiger partial charge in [0.05, 0.1) is 19.0 Å². The van der Waals surface area contributed by atoms with Crippen molar-refractivity contribution in [1.29, 1.82) is 0 Å². The molecule has 0 unspecified atom stereocenters. The van der Waals surface area contributed by atoms with Crippen molar-refractivity contribution >= 4 is 23.5 Å². The summed E-state index contributed by atoms with van der Waals surface area (Å²) in [5, 5.41) is 6.99. The van der Waals surface area contributed by atoms with Crippen molar-refractivity contribution in [2.75, 3.05) is 19.0 Å². The van der Waals surface area contributed by atoms with Gasteiger partial charge in [0.2, 0.25) is 0 Å². The van der Waals surface area contributed by atoms with E-state index in [1.807, 2.05) is 19.9 Å². The highest BCUT2D eigenvalue weighted by atomic mass is 32.2. The number of hydrogen-bond donors (Lipinski definition) is 1. The average molecular weight is 415 g/mol. The number of hydrogen-bond acceptors (Lipinski definition) is 9. The van der Waals surface area contributed by atoms with E-state index in [9.17, 15) is 4.79 Å². The van der Waals surface area contributed by atoms with E-state index < -0.39 is 0 Å². The van der Waals surface area contributed by atoms with Gasteiger partial charge in [-0.05, 0) is 26.8 Å². The lowest BCUT2D eigenvalue weighted by Crippen LogP contribution is -2.20. The molecule has 0 spiro atoms. The Kier molecular flexibility index (Phi) is 6.65. The Labute approximate surface area is 172 Å². The monoisotopic (exact) mass is 415 g/mol. The number of nitrogens with zero attached hydrogens (tertiary/aromatic N) is 4. The zero-order chi connectivity index (χ0) is 20.8. The second kappa shape index (κ2) is 9.37. The van der Waals surface area contributed by atoms with E-state index in [1.54, 1.807) is 25.3 Å². The standard InChI is InChI=1S/C19H21N5O4S/c1-11-5-12(2)22-19(21-11)29-10-14-7-15(16(26-4)8-20-14)27-9-18(25)23-17-6-13(3)28-24-17/h5-8H,9-10H2,1-4H3,(H,23,24,25). The highest BCUT2D eigenvalue weighted by Gasteiger charge is 2.12. The van der Waals surface area contributed by atoms with Gasteiger partial charge in [0.1, 0.15) is 5.76 Å². The van der Waals surface area contributed by atoms with Gasteiger partial charge < -0.3 is 19.3 Å². The van der Waals surface area contributed by atoms with Gasteiger partial charge in [-0.3, -0.25) is 9.78 Å². The molecule has 0 saturated heterocycles. The molecule has 0 radical (unpaired) electrons. The summed E-state index contributed by atoms with van der Waals surface area (Å²) in [6, 6.07) is 5.28. The van der Waals surface area contributed by atoms with Gasteiger partial charge in [0, 0.05) is 29.3 Å². The molecule has 10 heteroatoms. The molecule has 152 valence electrons. The van der Waals surface area contributed by atoms with E-state index in [4.69, 9.17) is 14.0 Å². The van der Waals surface area contributed by atoms with Crippen molar-refractivity contribution in [3.05, 3.63) is 47.2 Å². The molecule has 0 aliphatic heterocycles. The van der Waals surface area contributed by atoms with Crippen molar-refractivity contribution < 1.29 is 18.8 Å². The molecule has 3 heterocycles. The Bertz CT molecular complexity index is 988. The fourth-order valence-electron chi connectivity index (χ4n) is 2.45. The van der Waals surface area contributed by atoms with Gasteiger partial charge in [-0.25, -0.2) is 9.97 Å². The summed E-state index contributed by atoms with van der Waals surface area (Å²) in [6.07, 6.45) is 1.56. The maximum atomic E-state index is 12.1. The van der Waals surface area contributed by atoms with Crippen molar-refractivity contribution in [3.8, 4) is 11.5 Å². The molecule has 29 heavy (non-hydrogen) atoms. The van der Waals surface area contributed by atoms with Crippen LogP contribution in [0.4, 0.5) is 5.82 Å². The molecule has 3 aromatic rings. The fraction of sp³-hybridized carbons (Fsp3) is 0.316. The van der Waals surface area contributed by atoms with Crippen molar-refractivity contribution in [3.63, 3.8) is 0 Å². The number of carbonyl (C=O) groups excluding carboxylic acids is 1. The summed E-state index contributed by atoms with van der Waals surface area (Å²) in [6.45, 7) is 5.39. The third-order valence-electron chi connectivity index (χ3n) is 3.67. The van der Waals surface area contributed by atoms with Crippen LogP contribution in [0.2, 0.25) is 0 Å². The smallest absolute Gasteiger partial charge is 0.263 e. The van der Waals surface area contributed by atoms with Gasteiger partial charge in [-0.2, -0.15) is 0 Å². The van der Waals surface area contributed by atoms with E-state index in [1.165, 1.54) is 18.9 Å². The van der Waals surface area contributed by atoms with Crippen LogP contribution in [0.1, 0.15) is 22.8 Å². The van der Waals surface area contributed by atoms with Gasteiger partial charge in [0.25, 0.3) is 5.91 Å². The summed E-state index contributed by atoms with van der Waals surface area (Å²) in [5.74, 6) is 1.98. The number of anilines is 1. The first-order chi connectivity index (χ1) is 13.9. The SMILES string of the molecule is COc1cnc(CSc2nc(C)cc(C)n2)cc1OCC(=O)Nc1cc(C)on1. The lowest BCUT2D eigenvalue weighted by atomic mass is 10.3. The number of aromatic nitrogens is 4. The average Bonchev–Trinajstić information content (AvgIpc) is 3.08. The van der Waals surface area contributed by atoms with E-state index in [0.29, 0.717) is 34.0 Å². The number of nitrogens with one attached hydrogen (secondary N) is 1. The van der Waals surface area contributed by atoms with Gasteiger partial charge >= 0.3 is 0 Å². The number of amides is 1. The summed E-state index contributed by atoms with van der Waals surface area (Å²) in [7, 11) is 1.51. The molecule has 0 atom stereocenters. The quantitative estimate of drug-likeness (QED) is 0.438. The fourth-order valence-corrected chi connectivity index (χ4v) is 3.31. The van der Waals surface area contributed by atoms with E-state index in [0.717, 1.165) is 17.1 Å². The minimum absolute atomic E-state index is 0.209. The molecule has 0 aliphatic rings. The molecule has 3 rings (SSSR count). The summed E-state index contributed by atoms with van der Waals surface area (Å²) >= 11 is 1.47. The number of thioether (sulfide) groups is 1. The second-order valence-corrected chi connectivity index (χ2v) is 7.15. The second-order valence-electron chi connectivity index (χ2n) is 6.21. The summed E-state index contributed by atoms with van der Waals surface area (Å²) in [4.78, 5) is 25.2. The number of pyridine rings is 1. The van der Waals surface area contributed by atoms with Crippen LogP contribution in [0.5, 0.6) is 11.5 Å². The highest BCUT2D eigenvalue weighted by molar-refractivity contribution is 7.98. The van der Waals surface area contributed by atoms with Gasteiger partial charge in [-0.15, -0.1) is 0 Å². The predicted octanol–water partition coefficient (Wildman–Crippen LogP) is 3.10. The molecule has 0 bridgehead atoms. The van der Waals surface area contributed by atoms with E-state index in [2.05, 4.69) is 25.4 Å². The Morgan fingerprint density at radius 2 is 1.90 bits per heavy atom. The van der Waals surface area contributed by atoms with Crippen molar-refractivity contribution in [2.24, 2.45) is 0 Å². The summed E-state index contributed by atoms with van der Waals surface area (Å²) in [5.41, 5.74) is 2.58. The van der Waals surface area contributed by atoms with Gasteiger partial charge in [0.15, 0.2) is 29.1 Å². The zero-order valence-corrected chi connectivity index (χ0v) is 17.4.